The Morgan fingerprint density at radius 3 is 1.36 bits per heavy atom. The first-order valence-electron chi connectivity index (χ1n) is 28.3. The van der Waals surface area contributed by atoms with Crippen LogP contribution in [0.4, 0.5) is 0 Å². The molecule has 19 nitrogen and oxygen atoms in total. The van der Waals surface area contributed by atoms with Crippen molar-refractivity contribution in [2.75, 3.05) is 0 Å². The Balaban J connectivity index is 0.0000000962. The first kappa shape index (κ1) is 53.7. The fraction of sp³-hybridized carbons (Fsp3) is 0.147. The maximum Gasteiger partial charge on any atom is 0.275 e. The third kappa shape index (κ3) is 7.61. The van der Waals surface area contributed by atoms with Crippen LogP contribution in [-0.2, 0) is 42.3 Å². The summed E-state index contributed by atoms with van der Waals surface area (Å²) in [5.74, 6) is -0.167. The molecule has 2 unspecified atom stereocenters. The van der Waals surface area contributed by atoms with Gasteiger partial charge in [0.25, 0.3) is 33.4 Å². The van der Waals surface area contributed by atoms with Gasteiger partial charge in [0.05, 0.1) is 71.5 Å². The molecule has 0 N–H and O–H groups in total. The second-order valence-electron chi connectivity index (χ2n) is 22.3. The largest absolute Gasteiger partial charge is 0.310 e. The highest BCUT2D eigenvalue weighted by atomic mass is 16.2. The Morgan fingerprint density at radius 2 is 0.701 bits per heavy atom. The Hall–Kier alpha value is -11.3. The topological polar surface area (TPSA) is 188 Å². The van der Waals surface area contributed by atoms with Gasteiger partial charge in [-0.2, -0.15) is 0 Å². The van der Waals surface area contributed by atoms with Gasteiger partial charge >= 0.3 is 0 Å². The summed E-state index contributed by atoms with van der Waals surface area (Å²) in [5, 5.41) is 2.57. The lowest BCUT2D eigenvalue weighted by Gasteiger charge is -2.22. The number of rotatable bonds is 0. The summed E-state index contributed by atoms with van der Waals surface area (Å²) in [4.78, 5) is 98.1. The molecule has 19 heteroatoms. The van der Waals surface area contributed by atoms with Gasteiger partial charge in [-0.05, 0) is 120 Å². The highest BCUT2D eigenvalue weighted by molar-refractivity contribution is 6.08. The van der Waals surface area contributed by atoms with Crippen LogP contribution in [0.15, 0.2) is 205 Å². The van der Waals surface area contributed by atoms with Gasteiger partial charge < -0.3 is 17.9 Å². The quantitative estimate of drug-likeness (QED) is 0.144. The third-order valence-corrected chi connectivity index (χ3v) is 17.7. The molecule has 2 aliphatic heterocycles. The Bertz CT molecular complexity index is 5960. The molecule has 0 saturated carbocycles. The smallest absolute Gasteiger partial charge is 0.275 e. The molecule has 13 heterocycles. The van der Waals surface area contributed by atoms with Crippen LogP contribution in [0.3, 0.4) is 0 Å². The number of carbonyl (C=O) groups excluding carboxylic acids is 2. The zero-order valence-electron chi connectivity index (χ0n) is 48.6. The third-order valence-electron chi connectivity index (χ3n) is 17.7. The number of Topliss-reactive ketones (excluding diaryl/α,β-unsaturated/α-hetero) is 2. The number of para-hydroxylation sites is 6. The van der Waals surface area contributed by atoms with Crippen molar-refractivity contribution in [2.24, 2.45) is 42.3 Å². The van der Waals surface area contributed by atoms with Crippen LogP contribution in [-0.4, -0.2) is 61.0 Å². The monoisotopic (exact) mass is 1150 g/mol. The van der Waals surface area contributed by atoms with Crippen molar-refractivity contribution in [1.29, 1.82) is 0 Å². The molecule has 0 fully saturated rings. The lowest BCUT2D eigenvalue weighted by atomic mass is 9.90. The van der Waals surface area contributed by atoms with E-state index in [2.05, 4.69) is 0 Å². The van der Waals surface area contributed by atoms with E-state index < -0.39 is 0 Å². The number of nitrogens with zero attached hydrogens (tertiary/aromatic N) is 11. The second-order valence-corrected chi connectivity index (χ2v) is 22.3. The predicted octanol–water partition coefficient (Wildman–Crippen LogP) is 8.85. The van der Waals surface area contributed by atoms with Crippen molar-refractivity contribution in [3.63, 3.8) is 0 Å². The van der Waals surface area contributed by atoms with E-state index in [1.165, 1.54) is 0 Å². The number of hydrogen-bond donors (Lipinski definition) is 0. The molecule has 5 aromatic carbocycles. The number of aromatic nitrogens is 11. The summed E-state index contributed by atoms with van der Waals surface area (Å²) in [6.07, 6.45) is 3.89. The number of hydrogen-bond acceptors (Lipinski definition) is 8. The van der Waals surface area contributed by atoms with Gasteiger partial charge in [0, 0.05) is 66.5 Å². The zero-order valence-corrected chi connectivity index (χ0v) is 48.6. The lowest BCUT2D eigenvalue weighted by molar-refractivity contribution is 0.0950. The molecule has 2 aliphatic rings. The van der Waals surface area contributed by atoms with Crippen LogP contribution in [0.25, 0.3) is 93.8 Å². The number of fused-ring (bicyclic) bond motifs is 6. The molecule has 2 atom stereocenters. The average molecular weight is 1150 g/mol. The van der Waals surface area contributed by atoms with E-state index in [0.717, 1.165) is 77.7 Å². The van der Waals surface area contributed by atoms with Crippen molar-refractivity contribution in [1.82, 2.24) is 49.4 Å². The SMILES string of the molecule is CC1C(=O)c2ccc3c(=O)n(C)c4cccc1c4n23.CC1C(=O)c2ccc3n(C)c(=O)c4cccc1c4n23.Cn1c(=O)c2cccc3c(=O)n(C)c4ccc1n4c23.Cn1c(=O)c2ccccc2n2cccc12.Cn1c(=O)c2cccn2c2ccccc21. The fourth-order valence-electron chi connectivity index (χ4n) is 13.1. The summed E-state index contributed by atoms with van der Waals surface area (Å²) < 4.78 is 19.5. The number of aryl methyl sites for hydroxylation is 6. The van der Waals surface area contributed by atoms with E-state index in [-0.39, 0.29) is 56.8 Å². The zero-order chi connectivity index (χ0) is 60.8. The Kier molecular flexibility index (Phi) is 12.1. The molecule has 0 amide bonds. The van der Waals surface area contributed by atoms with Gasteiger partial charge in [-0.25, -0.2) is 0 Å². The molecule has 16 aromatic rings. The van der Waals surface area contributed by atoms with Crippen molar-refractivity contribution in [2.45, 2.75) is 25.7 Å². The fourth-order valence-corrected chi connectivity index (χ4v) is 13.1. The second kappa shape index (κ2) is 19.6. The minimum atomic E-state index is -0.193. The van der Waals surface area contributed by atoms with Crippen LogP contribution >= 0.6 is 0 Å². The van der Waals surface area contributed by atoms with Crippen LogP contribution < -0.4 is 33.4 Å². The molecular weight excluding hydrogens is 1100 g/mol. The molecular formula is C68H55N11O8. The van der Waals surface area contributed by atoms with Crippen LogP contribution in [0.2, 0.25) is 0 Å². The highest BCUT2D eigenvalue weighted by Crippen LogP contribution is 2.35. The summed E-state index contributed by atoms with van der Waals surface area (Å²) in [6, 6.07) is 50.7. The molecule has 18 rings (SSSR count). The van der Waals surface area contributed by atoms with Gasteiger partial charge in [0.15, 0.2) is 11.6 Å². The predicted molar refractivity (Wildman–Crippen MR) is 340 cm³/mol. The van der Waals surface area contributed by atoms with Crippen molar-refractivity contribution >= 4 is 105 Å². The summed E-state index contributed by atoms with van der Waals surface area (Å²) in [5.41, 5.74) is 14.0. The lowest BCUT2D eigenvalue weighted by Crippen LogP contribution is -2.25. The first-order valence-corrected chi connectivity index (χ1v) is 28.3. The summed E-state index contributed by atoms with van der Waals surface area (Å²) in [7, 11) is 10.6. The van der Waals surface area contributed by atoms with Crippen LogP contribution in [0.1, 0.15) is 57.8 Å². The van der Waals surface area contributed by atoms with Crippen LogP contribution in [0.5, 0.6) is 0 Å². The minimum absolute atomic E-state index is 0.0180. The van der Waals surface area contributed by atoms with Crippen molar-refractivity contribution in [3.8, 4) is 0 Å². The molecule has 87 heavy (non-hydrogen) atoms. The Morgan fingerprint density at radius 1 is 0.276 bits per heavy atom. The number of benzene rings is 5. The van der Waals surface area contributed by atoms with Gasteiger partial charge in [-0.15, -0.1) is 0 Å². The van der Waals surface area contributed by atoms with Crippen LogP contribution in [0, 0.1) is 0 Å². The first-order chi connectivity index (χ1) is 41.9. The van der Waals surface area contributed by atoms with Gasteiger partial charge in [0.2, 0.25) is 0 Å². The molecule has 430 valence electrons. The Labute approximate surface area is 491 Å². The normalized spacial score (nSPS) is 14.3. The number of carbonyl (C=O) groups is 2. The number of ketones is 2. The molecule has 0 aliphatic carbocycles. The maximum atomic E-state index is 12.4. The molecule has 0 spiro atoms. The van der Waals surface area contributed by atoms with Gasteiger partial charge in [-0.3, -0.25) is 69.8 Å². The van der Waals surface area contributed by atoms with Gasteiger partial charge in [0.1, 0.15) is 33.6 Å². The van der Waals surface area contributed by atoms with E-state index in [1.54, 1.807) is 100 Å². The minimum Gasteiger partial charge on any atom is -0.310 e. The summed E-state index contributed by atoms with van der Waals surface area (Å²) >= 11 is 0. The highest BCUT2D eigenvalue weighted by Gasteiger charge is 2.31. The maximum absolute atomic E-state index is 12.4. The van der Waals surface area contributed by atoms with E-state index in [0.29, 0.717) is 38.6 Å². The molecule has 11 aromatic heterocycles. The van der Waals surface area contributed by atoms with E-state index in [4.69, 9.17) is 0 Å². The van der Waals surface area contributed by atoms with E-state index in [1.807, 2.05) is 182 Å². The molecule has 0 bridgehead atoms. The average Bonchev–Trinajstić information content (AvgIpc) is 1.78. The van der Waals surface area contributed by atoms with Gasteiger partial charge in [-0.1, -0.05) is 68.4 Å². The standard InChI is InChI=1S/2C15H12N2O2.C14H11N3O2.2C12H10N2O/c1-8-9-4-3-5-10-13(9)17-11(14(8)18)6-7-12(17)15(19)16(10)2;1-8-9-4-3-5-10-13(9)17-11(14(8)18)6-7-12(17)16(2)15(10)19;1-15-10-6-7-11-16(2)14(19)9-5-3-4-8(13(15)18)12(9)17(10)11;1-13-9-5-2-3-6-10(9)14-8-4-7-11(14)12(13)15;1-13-11-7-4-8-14(11)10-6-3-2-5-9(10)12(13)15/h2*3-8H,1-2H3;3-7H,1-2H3;2*2-8H,1H3. The van der Waals surface area contributed by atoms with E-state index >= 15 is 0 Å². The van der Waals surface area contributed by atoms with E-state index in [9.17, 15) is 38.4 Å². The molecule has 0 radical (unpaired) electrons. The van der Waals surface area contributed by atoms with Crippen molar-refractivity contribution < 1.29 is 9.59 Å². The molecule has 0 saturated heterocycles. The van der Waals surface area contributed by atoms with Crippen molar-refractivity contribution in [3.05, 3.63) is 261 Å². The summed E-state index contributed by atoms with van der Waals surface area (Å²) in [6.45, 7) is 3.82.